The van der Waals surface area contributed by atoms with Crippen LogP contribution in [0.1, 0.15) is 56.9 Å². The van der Waals surface area contributed by atoms with Crippen LogP contribution in [0.25, 0.3) is 0 Å². The van der Waals surface area contributed by atoms with Crippen molar-refractivity contribution in [3.8, 4) is 6.07 Å². The van der Waals surface area contributed by atoms with Crippen molar-refractivity contribution in [3.05, 3.63) is 35.9 Å². The number of piperidine rings is 1. The highest BCUT2D eigenvalue weighted by Crippen LogP contribution is 2.28. The molecule has 2 amide bonds. The van der Waals surface area contributed by atoms with Gasteiger partial charge < -0.3 is 20.2 Å². The van der Waals surface area contributed by atoms with Crippen LogP contribution in [0.5, 0.6) is 0 Å². The topological polar surface area (TPSA) is 107 Å². The molecule has 3 aliphatic rings. The Morgan fingerprint density at radius 2 is 1.78 bits per heavy atom. The van der Waals surface area contributed by atoms with Crippen LogP contribution in [0, 0.1) is 17.2 Å². The summed E-state index contributed by atoms with van der Waals surface area (Å²) in [7, 11) is 0. The number of amides is 2. The molecule has 1 aromatic carbocycles. The summed E-state index contributed by atoms with van der Waals surface area (Å²) in [5, 5.41) is 17.5. The Morgan fingerprint density at radius 1 is 1.08 bits per heavy atom. The van der Waals surface area contributed by atoms with Crippen molar-refractivity contribution in [2.24, 2.45) is 5.92 Å². The Morgan fingerprint density at radius 3 is 2.44 bits per heavy atom. The number of ether oxygens (including phenoxy) is 1. The van der Waals surface area contributed by atoms with Gasteiger partial charge in [-0.15, -0.1) is 5.06 Å². The molecular formula is C27H39N5O4. The van der Waals surface area contributed by atoms with Gasteiger partial charge in [0.05, 0.1) is 32.4 Å². The quantitative estimate of drug-likeness (QED) is 0.569. The van der Waals surface area contributed by atoms with Gasteiger partial charge in [0.2, 0.25) is 5.91 Å². The molecule has 3 fully saturated rings. The van der Waals surface area contributed by atoms with Crippen molar-refractivity contribution < 1.29 is 19.2 Å². The predicted molar refractivity (Wildman–Crippen MR) is 134 cm³/mol. The molecule has 9 nitrogen and oxygen atoms in total. The third-order valence-electron chi connectivity index (χ3n) is 7.62. The molecule has 196 valence electrons. The minimum atomic E-state index is -0.926. The molecule has 9 heteroatoms. The molecule has 4 rings (SSSR count). The first kappa shape index (κ1) is 26.4. The highest BCUT2D eigenvalue weighted by Gasteiger charge is 2.39. The summed E-state index contributed by atoms with van der Waals surface area (Å²) >= 11 is 0. The summed E-state index contributed by atoms with van der Waals surface area (Å²) in [6.45, 7) is 4.30. The Bertz CT molecular complexity index is 885. The highest BCUT2D eigenvalue weighted by atomic mass is 16.7. The molecule has 1 atom stereocenters. The molecule has 2 aliphatic heterocycles. The van der Waals surface area contributed by atoms with E-state index in [1.165, 1.54) is 12.0 Å². The van der Waals surface area contributed by atoms with Crippen LogP contribution < -0.4 is 10.6 Å². The Labute approximate surface area is 214 Å². The van der Waals surface area contributed by atoms with Crippen molar-refractivity contribution in [1.29, 1.82) is 5.26 Å². The lowest BCUT2D eigenvalue weighted by atomic mass is 9.84. The van der Waals surface area contributed by atoms with Crippen molar-refractivity contribution in [3.63, 3.8) is 0 Å². The SMILES string of the molecule is N#CC1(NC(=O)C(CC2CCCCC2)NC(=O)ON2CCOCC2)CCN(Cc2ccccc2)CC1. The maximum absolute atomic E-state index is 13.5. The average molecular weight is 498 g/mol. The van der Waals surface area contributed by atoms with Gasteiger partial charge in [0.25, 0.3) is 0 Å². The van der Waals surface area contributed by atoms with Crippen molar-refractivity contribution in [2.45, 2.75) is 69.5 Å². The van der Waals surface area contributed by atoms with E-state index >= 15 is 0 Å². The fourth-order valence-corrected chi connectivity index (χ4v) is 5.43. The van der Waals surface area contributed by atoms with E-state index in [2.05, 4.69) is 33.7 Å². The summed E-state index contributed by atoms with van der Waals surface area (Å²) in [5.74, 6) is 0.0847. The first-order valence-corrected chi connectivity index (χ1v) is 13.4. The second-order valence-electron chi connectivity index (χ2n) is 10.3. The van der Waals surface area contributed by atoms with Gasteiger partial charge in [-0.05, 0) is 30.7 Å². The van der Waals surface area contributed by atoms with E-state index in [0.29, 0.717) is 51.5 Å². The molecule has 1 saturated carbocycles. The van der Waals surface area contributed by atoms with Gasteiger partial charge in [-0.2, -0.15) is 5.26 Å². The van der Waals surface area contributed by atoms with E-state index in [0.717, 1.165) is 45.3 Å². The molecule has 0 bridgehead atoms. The summed E-state index contributed by atoms with van der Waals surface area (Å²) in [6, 6.07) is 11.9. The Hall–Kier alpha value is -2.67. The van der Waals surface area contributed by atoms with Crippen LogP contribution in [-0.4, -0.2) is 72.9 Å². The van der Waals surface area contributed by atoms with Crippen LogP contribution in [0.15, 0.2) is 30.3 Å². The lowest BCUT2D eigenvalue weighted by Gasteiger charge is -2.38. The second-order valence-corrected chi connectivity index (χ2v) is 10.3. The third-order valence-corrected chi connectivity index (χ3v) is 7.62. The van der Waals surface area contributed by atoms with E-state index in [1.54, 1.807) is 5.06 Å². The summed E-state index contributed by atoms with van der Waals surface area (Å²) in [4.78, 5) is 33.9. The molecule has 2 N–H and O–H groups in total. The number of likely N-dealkylation sites (tertiary alicyclic amines) is 1. The zero-order chi connectivity index (χ0) is 25.2. The van der Waals surface area contributed by atoms with E-state index in [4.69, 9.17) is 9.57 Å². The van der Waals surface area contributed by atoms with Gasteiger partial charge >= 0.3 is 6.09 Å². The van der Waals surface area contributed by atoms with Crippen molar-refractivity contribution in [1.82, 2.24) is 20.6 Å². The van der Waals surface area contributed by atoms with E-state index < -0.39 is 17.7 Å². The summed E-state index contributed by atoms with van der Waals surface area (Å²) in [5.41, 5.74) is 0.312. The molecule has 0 aromatic heterocycles. The van der Waals surface area contributed by atoms with E-state index in [1.807, 2.05) is 18.2 Å². The minimum Gasteiger partial charge on any atom is -0.379 e. The molecule has 1 aromatic rings. The van der Waals surface area contributed by atoms with E-state index in [9.17, 15) is 14.9 Å². The van der Waals surface area contributed by atoms with Crippen molar-refractivity contribution >= 4 is 12.0 Å². The molecule has 2 heterocycles. The standard InChI is InChI=1S/C27H39N5O4/c28-21-27(11-13-31(14-12-27)20-23-9-5-2-6-10-23)30-25(33)24(19-22-7-3-1-4-8-22)29-26(34)36-32-15-17-35-18-16-32/h2,5-6,9-10,22,24H,1,3-4,7-8,11-20H2,(H,29,34)(H,30,33). The van der Waals surface area contributed by atoms with Gasteiger partial charge in [-0.25, -0.2) is 4.79 Å². The zero-order valence-corrected chi connectivity index (χ0v) is 21.1. The average Bonchev–Trinajstić information content (AvgIpc) is 2.91. The smallest absolute Gasteiger partial charge is 0.379 e. The number of hydrogen-bond acceptors (Lipinski definition) is 7. The van der Waals surface area contributed by atoms with Crippen LogP contribution in [0.4, 0.5) is 4.79 Å². The molecular weight excluding hydrogens is 458 g/mol. The fraction of sp³-hybridized carbons (Fsp3) is 0.667. The number of hydrogen-bond donors (Lipinski definition) is 2. The number of benzene rings is 1. The molecule has 0 spiro atoms. The molecule has 2 saturated heterocycles. The lowest BCUT2D eigenvalue weighted by molar-refractivity contribution is -0.147. The number of nitrogens with one attached hydrogen (secondary N) is 2. The number of nitrogens with zero attached hydrogens (tertiary/aromatic N) is 3. The van der Waals surface area contributed by atoms with Crippen LogP contribution >= 0.6 is 0 Å². The van der Waals surface area contributed by atoms with Gasteiger partial charge in [-0.3, -0.25) is 9.69 Å². The maximum atomic E-state index is 13.5. The van der Waals surface area contributed by atoms with Crippen molar-refractivity contribution in [2.75, 3.05) is 39.4 Å². The Kier molecular flexibility index (Phi) is 9.56. The lowest BCUT2D eigenvalue weighted by Crippen LogP contribution is -2.59. The molecule has 36 heavy (non-hydrogen) atoms. The Balaban J connectivity index is 1.35. The third kappa shape index (κ3) is 7.66. The maximum Gasteiger partial charge on any atom is 0.426 e. The summed E-state index contributed by atoms with van der Waals surface area (Å²) < 4.78 is 5.30. The monoisotopic (exact) mass is 497 g/mol. The van der Waals surface area contributed by atoms with Gasteiger partial charge in [0, 0.05) is 19.6 Å². The fourth-order valence-electron chi connectivity index (χ4n) is 5.43. The number of nitriles is 1. The first-order valence-electron chi connectivity index (χ1n) is 13.4. The van der Waals surface area contributed by atoms with Crippen LogP contribution in [0.2, 0.25) is 0 Å². The number of carbonyl (C=O) groups excluding carboxylic acids is 2. The largest absolute Gasteiger partial charge is 0.426 e. The number of morpholine rings is 1. The number of rotatable bonds is 8. The molecule has 1 aliphatic carbocycles. The van der Waals surface area contributed by atoms with Gasteiger partial charge in [-0.1, -0.05) is 62.4 Å². The first-order chi connectivity index (χ1) is 17.5. The second kappa shape index (κ2) is 13.0. The molecule has 0 radical (unpaired) electrons. The number of carbonyl (C=O) groups is 2. The van der Waals surface area contributed by atoms with Gasteiger partial charge in [0.15, 0.2) is 0 Å². The predicted octanol–water partition coefficient (Wildman–Crippen LogP) is 2.97. The minimum absolute atomic E-state index is 0.294. The normalized spacial score (nSPS) is 22.2. The number of hydroxylamine groups is 2. The summed E-state index contributed by atoms with van der Waals surface area (Å²) in [6.07, 6.45) is 6.67. The van der Waals surface area contributed by atoms with E-state index in [-0.39, 0.29) is 5.91 Å². The highest BCUT2D eigenvalue weighted by molar-refractivity contribution is 5.86. The van der Waals surface area contributed by atoms with Crippen LogP contribution in [0.3, 0.4) is 0 Å². The van der Waals surface area contributed by atoms with Crippen LogP contribution in [-0.2, 0) is 20.9 Å². The zero-order valence-electron chi connectivity index (χ0n) is 21.1. The van der Waals surface area contributed by atoms with Gasteiger partial charge in [0.1, 0.15) is 11.6 Å². The molecule has 1 unspecified atom stereocenters.